The molecular weight excluding hydrogens is 562 g/mol. The topological polar surface area (TPSA) is 87.2 Å². The van der Waals surface area contributed by atoms with Gasteiger partial charge in [0.2, 0.25) is 16.4 Å². The molecule has 3 aliphatic rings. The molecule has 0 radical (unpaired) electrons. The number of Topliss-reactive ketones (excluding diaryl/α,β-unsaturated/α-hetero) is 1. The van der Waals surface area contributed by atoms with Gasteiger partial charge < -0.3 is 14.5 Å². The van der Waals surface area contributed by atoms with Crippen LogP contribution in [-0.2, 0) is 24.3 Å². The highest BCUT2D eigenvalue weighted by atomic mass is 35.5. The Balaban J connectivity index is 0.000000263. The van der Waals surface area contributed by atoms with E-state index in [0.29, 0.717) is 17.9 Å². The summed E-state index contributed by atoms with van der Waals surface area (Å²) in [6.07, 6.45) is 10.8. The number of amides is 1. The molecule has 10 heteroatoms. The summed E-state index contributed by atoms with van der Waals surface area (Å²) < 4.78 is 32.4. The number of ketones is 1. The molecule has 3 aliphatic heterocycles. The third kappa shape index (κ3) is 11.2. The van der Waals surface area contributed by atoms with E-state index in [2.05, 4.69) is 25.7 Å². The van der Waals surface area contributed by atoms with Crippen molar-refractivity contribution in [1.29, 1.82) is 0 Å². The minimum absolute atomic E-state index is 0.140. The van der Waals surface area contributed by atoms with Crippen LogP contribution in [0.25, 0.3) is 0 Å². The van der Waals surface area contributed by atoms with Gasteiger partial charge in [-0.1, -0.05) is 45.2 Å². The van der Waals surface area contributed by atoms with E-state index in [9.17, 15) is 18.0 Å². The smallest absolute Gasteiger partial charge is 0.244 e. The van der Waals surface area contributed by atoms with Crippen molar-refractivity contribution in [3.63, 3.8) is 0 Å². The first-order chi connectivity index (χ1) is 19.5. The molecule has 3 heterocycles. The van der Waals surface area contributed by atoms with Crippen molar-refractivity contribution < 1.29 is 22.7 Å². The van der Waals surface area contributed by atoms with E-state index < -0.39 is 16.1 Å². The summed E-state index contributed by atoms with van der Waals surface area (Å²) in [7, 11) is -2.24. The van der Waals surface area contributed by atoms with E-state index in [1.807, 2.05) is 4.90 Å². The van der Waals surface area contributed by atoms with Crippen molar-refractivity contribution in [2.24, 2.45) is 5.92 Å². The lowest BCUT2D eigenvalue weighted by Crippen LogP contribution is -2.54. The summed E-state index contributed by atoms with van der Waals surface area (Å²) in [6.45, 7) is 12.8. The lowest BCUT2D eigenvalue weighted by Gasteiger charge is -2.39. The zero-order valence-electron chi connectivity index (χ0n) is 25.8. The minimum atomic E-state index is -3.77. The quantitative estimate of drug-likeness (QED) is 0.353. The fourth-order valence-electron chi connectivity index (χ4n) is 5.52. The van der Waals surface area contributed by atoms with E-state index >= 15 is 0 Å². The van der Waals surface area contributed by atoms with Gasteiger partial charge >= 0.3 is 0 Å². The molecule has 234 valence electrons. The van der Waals surface area contributed by atoms with Crippen LogP contribution in [0.4, 0.5) is 0 Å². The largest absolute Gasteiger partial charge is 0.383 e. The van der Waals surface area contributed by atoms with Crippen LogP contribution in [0.3, 0.4) is 0 Å². The molecule has 2 unspecified atom stereocenters. The molecule has 3 fully saturated rings. The number of likely N-dealkylation sites (tertiary alicyclic amines) is 2. The van der Waals surface area contributed by atoms with Crippen LogP contribution < -0.4 is 0 Å². The van der Waals surface area contributed by atoms with E-state index in [1.54, 1.807) is 0 Å². The molecule has 0 N–H and O–H groups in total. The third-order valence-electron chi connectivity index (χ3n) is 8.27. The van der Waals surface area contributed by atoms with Gasteiger partial charge in [0, 0.05) is 37.3 Å². The van der Waals surface area contributed by atoms with Crippen molar-refractivity contribution in [2.45, 2.75) is 109 Å². The molecule has 0 aliphatic carbocycles. The fourth-order valence-corrected chi connectivity index (χ4v) is 7.52. The van der Waals surface area contributed by atoms with Crippen LogP contribution in [0.5, 0.6) is 0 Å². The Morgan fingerprint density at radius 1 is 1.00 bits per heavy atom. The monoisotopic (exact) mass is 613 g/mol. The van der Waals surface area contributed by atoms with Gasteiger partial charge in [0.25, 0.3) is 0 Å². The zero-order chi connectivity index (χ0) is 30.4. The third-order valence-corrected chi connectivity index (χ3v) is 10.5. The Hall–Kier alpha value is -1.52. The maximum absolute atomic E-state index is 13.0. The second-order valence-electron chi connectivity index (χ2n) is 11.7. The molecule has 2 atom stereocenters. The number of carbonyl (C=O) groups excluding carboxylic acids is 2. The first kappa shape index (κ1) is 35.7. The molecule has 0 aromatic heterocycles. The van der Waals surface area contributed by atoms with Crippen LogP contribution in [0.2, 0.25) is 5.02 Å². The SMILES string of the molecule is CCC(C)C.COCC1CCCC(C(C)=O)N1S(=O)(=O)c1ccc(Cl)cc1.O=CN1CCC(N2CCCCC2)CC1. The van der Waals surface area contributed by atoms with Gasteiger partial charge in [0.05, 0.1) is 17.5 Å². The van der Waals surface area contributed by atoms with Gasteiger partial charge in [-0.05, 0) is 95.1 Å². The molecule has 1 aromatic rings. The van der Waals surface area contributed by atoms with Gasteiger partial charge in [0.1, 0.15) is 5.78 Å². The van der Waals surface area contributed by atoms with E-state index in [0.717, 1.165) is 37.9 Å². The first-order valence-corrected chi connectivity index (χ1v) is 17.1. The molecule has 41 heavy (non-hydrogen) atoms. The highest BCUT2D eigenvalue weighted by molar-refractivity contribution is 7.89. The van der Waals surface area contributed by atoms with Gasteiger partial charge in [0.15, 0.2) is 0 Å². The van der Waals surface area contributed by atoms with Crippen LogP contribution >= 0.6 is 11.6 Å². The zero-order valence-corrected chi connectivity index (χ0v) is 27.3. The van der Waals surface area contributed by atoms with Gasteiger partial charge in [-0.2, -0.15) is 4.31 Å². The summed E-state index contributed by atoms with van der Waals surface area (Å²) in [6, 6.07) is 5.80. The van der Waals surface area contributed by atoms with Gasteiger partial charge in [-0.25, -0.2) is 8.42 Å². The number of methoxy groups -OCH3 is 1. The summed E-state index contributed by atoms with van der Waals surface area (Å²) in [4.78, 5) is 27.2. The number of rotatable bonds is 8. The molecule has 0 spiro atoms. The van der Waals surface area contributed by atoms with Gasteiger partial charge in [-0.15, -0.1) is 0 Å². The molecule has 3 saturated heterocycles. The van der Waals surface area contributed by atoms with Crippen LogP contribution in [-0.4, -0.2) is 92.7 Å². The average Bonchev–Trinajstić information content (AvgIpc) is 2.98. The second kappa shape index (κ2) is 18.2. The molecular formula is C31H52ClN3O5S. The molecule has 0 saturated carbocycles. The number of carbonyl (C=O) groups is 2. The Morgan fingerprint density at radius 3 is 2.07 bits per heavy atom. The standard InChI is InChI=1S/C15H20ClNO4S.C11H20N2O.C5H12/c1-11(18)15-5-3-4-13(10-21-2)17(15)22(19,20)14-8-6-12(16)7-9-14;14-10-12-8-4-11(5-9-12)13-6-2-1-3-7-13;1-4-5(2)3/h6-9,13,15H,3-5,10H2,1-2H3;10-11H,1-9H2;5H,4H2,1-3H3. The minimum Gasteiger partial charge on any atom is -0.383 e. The Labute approximate surface area is 253 Å². The molecule has 0 bridgehead atoms. The molecule has 1 amide bonds. The van der Waals surface area contributed by atoms with Crippen LogP contribution in [0.1, 0.15) is 85.5 Å². The molecule has 8 nitrogen and oxygen atoms in total. The fraction of sp³-hybridized carbons (Fsp3) is 0.742. The van der Waals surface area contributed by atoms with Crippen molar-refractivity contribution in [2.75, 3.05) is 39.9 Å². The normalized spacial score (nSPS) is 22.8. The lowest BCUT2D eigenvalue weighted by atomic mass is 9.97. The number of piperidine rings is 3. The summed E-state index contributed by atoms with van der Waals surface area (Å²) in [5.74, 6) is 0.744. The van der Waals surface area contributed by atoms with Crippen molar-refractivity contribution in [3.05, 3.63) is 29.3 Å². The Kier molecular flexibility index (Phi) is 15.8. The molecule has 4 rings (SSSR count). The highest BCUT2D eigenvalue weighted by Gasteiger charge is 2.41. The summed E-state index contributed by atoms with van der Waals surface area (Å²) in [5, 5.41) is 0.467. The lowest BCUT2D eigenvalue weighted by molar-refractivity contribution is -0.122. The van der Waals surface area contributed by atoms with Gasteiger partial charge in [-0.3, -0.25) is 9.59 Å². The number of benzene rings is 1. The van der Waals surface area contributed by atoms with E-state index in [4.69, 9.17) is 16.3 Å². The van der Waals surface area contributed by atoms with Crippen molar-refractivity contribution in [1.82, 2.24) is 14.1 Å². The summed E-state index contributed by atoms with van der Waals surface area (Å²) in [5.41, 5.74) is 0. The predicted molar refractivity (Wildman–Crippen MR) is 166 cm³/mol. The van der Waals surface area contributed by atoms with E-state index in [1.165, 1.54) is 94.2 Å². The summed E-state index contributed by atoms with van der Waals surface area (Å²) >= 11 is 5.82. The van der Waals surface area contributed by atoms with Crippen molar-refractivity contribution >= 4 is 33.8 Å². The number of hydrogen-bond donors (Lipinski definition) is 0. The Morgan fingerprint density at radius 2 is 1.59 bits per heavy atom. The number of sulfonamides is 1. The average molecular weight is 614 g/mol. The maximum atomic E-state index is 13.0. The second-order valence-corrected chi connectivity index (χ2v) is 14.0. The number of nitrogens with zero attached hydrogens (tertiary/aromatic N) is 3. The van der Waals surface area contributed by atoms with Crippen LogP contribution in [0.15, 0.2) is 29.2 Å². The molecule has 1 aromatic carbocycles. The number of ether oxygens (including phenoxy) is 1. The van der Waals surface area contributed by atoms with Crippen LogP contribution in [0, 0.1) is 5.92 Å². The number of hydrogen-bond acceptors (Lipinski definition) is 6. The maximum Gasteiger partial charge on any atom is 0.244 e. The van der Waals surface area contributed by atoms with Crippen molar-refractivity contribution in [3.8, 4) is 0 Å². The van der Waals surface area contributed by atoms with E-state index in [-0.39, 0.29) is 23.3 Å². The Bertz CT molecular complexity index is 1010. The predicted octanol–water partition coefficient (Wildman–Crippen LogP) is 5.63. The first-order valence-electron chi connectivity index (χ1n) is 15.3. The highest BCUT2D eigenvalue weighted by Crippen LogP contribution is 2.31. The number of halogens is 1.